The monoisotopic (exact) mass is 290 g/mol. The topological polar surface area (TPSA) is 80.0 Å². The van der Waals surface area contributed by atoms with Crippen LogP contribution < -0.4 is 16.6 Å². The van der Waals surface area contributed by atoms with Crippen molar-refractivity contribution in [2.45, 2.75) is 26.7 Å². The number of carbonyl (C=O) groups excluding carboxylic acids is 1. The van der Waals surface area contributed by atoms with Crippen LogP contribution in [0.4, 0.5) is 10.8 Å². The van der Waals surface area contributed by atoms with Gasteiger partial charge in [0.2, 0.25) is 0 Å². The Morgan fingerprint density at radius 1 is 1.40 bits per heavy atom. The van der Waals surface area contributed by atoms with E-state index in [1.807, 2.05) is 18.4 Å². The smallest absolute Gasteiger partial charge is 0.257 e. The Kier molecular flexibility index (Phi) is 4.36. The molecule has 5 nitrogen and oxygen atoms in total. The first-order valence-electron chi connectivity index (χ1n) is 6.35. The predicted octanol–water partition coefficient (Wildman–Crippen LogP) is 3.11. The van der Waals surface area contributed by atoms with Gasteiger partial charge in [-0.1, -0.05) is 13.8 Å². The number of anilines is 2. The molecule has 2 rings (SSSR count). The van der Waals surface area contributed by atoms with Crippen molar-refractivity contribution in [3.8, 4) is 0 Å². The van der Waals surface area contributed by atoms with Gasteiger partial charge in [0.15, 0.2) is 5.13 Å². The van der Waals surface area contributed by atoms with E-state index in [1.165, 1.54) is 11.3 Å². The van der Waals surface area contributed by atoms with Crippen LogP contribution in [0.2, 0.25) is 0 Å². The zero-order chi connectivity index (χ0) is 14.7. The number of nitrogen functional groups attached to an aromatic ring is 1. The van der Waals surface area contributed by atoms with Crippen molar-refractivity contribution in [1.82, 2.24) is 4.98 Å². The Hall–Kier alpha value is -1.92. The quantitative estimate of drug-likeness (QED) is 0.597. The number of nitrogens with zero attached hydrogens (tertiary/aromatic N) is 1. The lowest BCUT2D eigenvalue weighted by atomic mass is 10.1. The first kappa shape index (κ1) is 14.5. The summed E-state index contributed by atoms with van der Waals surface area (Å²) >= 11 is 1.44. The van der Waals surface area contributed by atoms with Gasteiger partial charge in [0.05, 0.1) is 5.69 Å². The van der Waals surface area contributed by atoms with E-state index >= 15 is 0 Å². The van der Waals surface area contributed by atoms with Crippen molar-refractivity contribution in [3.63, 3.8) is 0 Å². The lowest BCUT2D eigenvalue weighted by Crippen LogP contribution is -2.14. The molecule has 1 aromatic carbocycles. The third-order valence-corrected chi connectivity index (χ3v) is 3.75. The number of hydrogen-bond acceptors (Lipinski definition) is 5. The molecular weight excluding hydrogens is 272 g/mol. The molecule has 4 N–H and O–H groups in total. The van der Waals surface area contributed by atoms with Crippen LogP contribution in [0.25, 0.3) is 0 Å². The van der Waals surface area contributed by atoms with Crippen LogP contribution >= 0.6 is 11.3 Å². The third kappa shape index (κ3) is 3.15. The fourth-order valence-corrected chi connectivity index (χ4v) is 2.65. The zero-order valence-corrected chi connectivity index (χ0v) is 12.5. The van der Waals surface area contributed by atoms with Crippen molar-refractivity contribution in [1.29, 1.82) is 0 Å². The molecule has 0 fully saturated rings. The summed E-state index contributed by atoms with van der Waals surface area (Å²) < 4.78 is 0. The summed E-state index contributed by atoms with van der Waals surface area (Å²) in [6.07, 6.45) is 0. The molecule has 0 atom stereocenters. The second-order valence-electron chi connectivity index (χ2n) is 4.86. The molecule has 0 spiro atoms. The summed E-state index contributed by atoms with van der Waals surface area (Å²) in [5, 5.41) is 5.42. The number of thiazole rings is 1. The second-order valence-corrected chi connectivity index (χ2v) is 5.72. The van der Waals surface area contributed by atoms with Crippen molar-refractivity contribution in [2.75, 3.05) is 10.7 Å². The zero-order valence-electron chi connectivity index (χ0n) is 11.7. The van der Waals surface area contributed by atoms with E-state index in [2.05, 4.69) is 29.6 Å². The fourth-order valence-electron chi connectivity index (χ4n) is 1.78. The van der Waals surface area contributed by atoms with E-state index in [4.69, 9.17) is 5.84 Å². The lowest BCUT2D eigenvalue weighted by Gasteiger charge is -2.07. The largest absolute Gasteiger partial charge is 0.324 e. The van der Waals surface area contributed by atoms with Crippen LogP contribution in [0, 0.1) is 6.92 Å². The number of nitrogens with one attached hydrogen (secondary N) is 2. The minimum Gasteiger partial charge on any atom is -0.324 e. The molecule has 0 aliphatic rings. The molecule has 0 saturated heterocycles. The molecule has 0 bridgehead atoms. The van der Waals surface area contributed by atoms with Gasteiger partial charge in [-0.25, -0.2) is 4.98 Å². The standard InChI is InChI=1S/C14H18N4OS/c1-8(2)12-7-20-14(16-12)17-13(19)11-5-4-10(18-15)6-9(11)3/h4-8,18H,15H2,1-3H3,(H,16,17,19). The molecule has 6 heteroatoms. The van der Waals surface area contributed by atoms with Crippen LogP contribution in [0.3, 0.4) is 0 Å². The van der Waals surface area contributed by atoms with Gasteiger partial charge in [-0.05, 0) is 36.6 Å². The van der Waals surface area contributed by atoms with Crippen molar-refractivity contribution < 1.29 is 4.79 Å². The van der Waals surface area contributed by atoms with E-state index in [0.717, 1.165) is 16.9 Å². The normalized spacial score (nSPS) is 10.7. The molecule has 0 radical (unpaired) electrons. The van der Waals surface area contributed by atoms with Gasteiger partial charge in [-0.3, -0.25) is 16.0 Å². The number of aryl methyl sites for hydroxylation is 1. The predicted molar refractivity (Wildman–Crippen MR) is 83.1 cm³/mol. The third-order valence-electron chi connectivity index (χ3n) is 2.97. The van der Waals surface area contributed by atoms with Gasteiger partial charge >= 0.3 is 0 Å². The van der Waals surface area contributed by atoms with Gasteiger partial charge in [0.25, 0.3) is 5.91 Å². The Balaban J connectivity index is 2.15. The van der Waals surface area contributed by atoms with Crippen LogP contribution in [-0.4, -0.2) is 10.9 Å². The maximum absolute atomic E-state index is 12.2. The van der Waals surface area contributed by atoms with Gasteiger partial charge in [0.1, 0.15) is 0 Å². The van der Waals surface area contributed by atoms with E-state index in [9.17, 15) is 4.79 Å². The molecule has 2 aromatic rings. The number of hydrogen-bond donors (Lipinski definition) is 3. The summed E-state index contributed by atoms with van der Waals surface area (Å²) in [7, 11) is 0. The van der Waals surface area contributed by atoms with Crippen LogP contribution in [0.5, 0.6) is 0 Å². The van der Waals surface area contributed by atoms with Gasteiger partial charge in [0, 0.05) is 16.6 Å². The first-order chi connectivity index (χ1) is 9.51. The van der Waals surface area contributed by atoms with E-state index in [1.54, 1.807) is 12.1 Å². The highest BCUT2D eigenvalue weighted by atomic mass is 32.1. The fraction of sp³-hybridized carbons (Fsp3) is 0.286. The molecule has 20 heavy (non-hydrogen) atoms. The maximum Gasteiger partial charge on any atom is 0.257 e. The van der Waals surface area contributed by atoms with Gasteiger partial charge < -0.3 is 5.43 Å². The van der Waals surface area contributed by atoms with Crippen LogP contribution in [-0.2, 0) is 0 Å². The molecule has 0 unspecified atom stereocenters. The summed E-state index contributed by atoms with van der Waals surface area (Å²) in [6.45, 7) is 6.02. The summed E-state index contributed by atoms with van der Waals surface area (Å²) in [5.41, 5.74) is 5.80. The number of amides is 1. The summed E-state index contributed by atoms with van der Waals surface area (Å²) in [6, 6.07) is 5.34. The molecular formula is C14H18N4OS. The summed E-state index contributed by atoms with van der Waals surface area (Å²) in [5.74, 6) is 5.54. The van der Waals surface area contributed by atoms with E-state index in [-0.39, 0.29) is 5.91 Å². The minimum absolute atomic E-state index is 0.157. The van der Waals surface area contributed by atoms with Crippen molar-refractivity contribution >= 4 is 28.1 Å². The maximum atomic E-state index is 12.2. The van der Waals surface area contributed by atoms with E-state index < -0.39 is 0 Å². The van der Waals surface area contributed by atoms with Gasteiger partial charge in [-0.15, -0.1) is 11.3 Å². The number of aromatic nitrogens is 1. The average molecular weight is 290 g/mol. The Bertz CT molecular complexity index is 621. The number of benzene rings is 1. The molecule has 0 saturated carbocycles. The molecule has 1 heterocycles. The van der Waals surface area contributed by atoms with Crippen molar-refractivity contribution in [3.05, 3.63) is 40.4 Å². The number of carbonyl (C=O) groups is 1. The Labute approximate surface area is 122 Å². The average Bonchev–Trinajstić information content (AvgIpc) is 2.87. The SMILES string of the molecule is Cc1cc(NN)ccc1C(=O)Nc1nc(C(C)C)cs1. The first-order valence-corrected chi connectivity index (χ1v) is 7.23. The van der Waals surface area contributed by atoms with Crippen LogP contribution in [0.1, 0.15) is 41.4 Å². The molecule has 106 valence electrons. The highest BCUT2D eigenvalue weighted by Gasteiger charge is 2.12. The lowest BCUT2D eigenvalue weighted by molar-refractivity contribution is 0.102. The van der Waals surface area contributed by atoms with E-state index in [0.29, 0.717) is 16.6 Å². The number of hydrazine groups is 1. The second kappa shape index (κ2) is 6.02. The number of rotatable bonds is 4. The molecule has 1 aromatic heterocycles. The van der Waals surface area contributed by atoms with Crippen molar-refractivity contribution in [2.24, 2.45) is 5.84 Å². The Morgan fingerprint density at radius 2 is 2.15 bits per heavy atom. The minimum atomic E-state index is -0.157. The molecule has 0 aliphatic carbocycles. The van der Waals surface area contributed by atoms with Gasteiger partial charge in [-0.2, -0.15) is 0 Å². The highest BCUT2D eigenvalue weighted by Crippen LogP contribution is 2.22. The molecule has 1 amide bonds. The summed E-state index contributed by atoms with van der Waals surface area (Å²) in [4.78, 5) is 16.6. The highest BCUT2D eigenvalue weighted by molar-refractivity contribution is 7.14. The number of nitrogens with two attached hydrogens (primary N) is 1. The Morgan fingerprint density at radius 3 is 2.70 bits per heavy atom. The molecule has 0 aliphatic heterocycles. The van der Waals surface area contributed by atoms with Crippen LogP contribution in [0.15, 0.2) is 23.6 Å².